The minimum Gasteiger partial charge on any atom is -0.388 e. The Kier molecular flexibility index (Phi) is 2.83. The first-order valence-corrected chi connectivity index (χ1v) is 6.37. The molecule has 0 atom stereocenters. The van der Waals surface area contributed by atoms with Gasteiger partial charge in [-0.1, -0.05) is 12.8 Å². The third kappa shape index (κ3) is 2.13. The molecule has 0 saturated heterocycles. The van der Waals surface area contributed by atoms with Gasteiger partial charge in [-0.15, -0.1) is 0 Å². The zero-order valence-electron chi connectivity index (χ0n) is 9.78. The first kappa shape index (κ1) is 11.7. The molecular weight excluding hydrogens is 254 g/mol. The number of halogens is 1. The molecule has 0 amide bonds. The number of anilines is 1. The van der Waals surface area contributed by atoms with Crippen LogP contribution < -0.4 is 5.32 Å². The van der Waals surface area contributed by atoms with Gasteiger partial charge in [0.15, 0.2) is 5.65 Å². The molecule has 1 aliphatic rings. The lowest BCUT2D eigenvalue weighted by atomic mass is 10.0. The summed E-state index contributed by atoms with van der Waals surface area (Å²) in [4.78, 5) is 8.16. The van der Waals surface area contributed by atoms with Crippen molar-refractivity contribution in [1.29, 1.82) is 0 Å². The van der Waals surface area contributed by atoms with E-state index in [1.54, 1.807) is 6.20 Å². The summed E-state index contributed by atoms with van der Waals surface area (Å²) in [5, 5.41) is 21.0. The van der Waals surface area contributed by atoms with E-state index in [0.29, 0.717) is 18.0 Å². The van der Waals surface area contributed by atoms with Crippen molar-refractivity contribution in [3.8, 4) is 0 Å². The summed E-state index contributed by atoms with van der Waals surface area (Å²) in [7, 11) is 0. The van der Waals surface area contributed by atoms with E-state index in [-0.39, 0.29) is 5.28 Å². The third-order valence-electron chi connectivity index (χ3n) is 3.40. The Labute approximate surface area is 109 Å². The van der Waals surface area contributed by atoms with Gasteiger partial charge < -0.3 is 10.4 Å². The number of fused-ring (bicyclic) bond motifs is 1. The second-order valence-corrected chi connectivity index (χ2v) is 5.10. The topological polar surface area (TPSA) is 86.7 Å². The van der Waals surface area contributed by atoms with Crippen LogP contribution in [0.2, 0.25) is 5.28 Å². The number of aliphatic hydroxyl groups is 1. The van der Waals surface area contributed by atoms with Crippen molar-refractivity contribution in [3.05, 3.63) is 11.5 Å². The lowest BCUT2D eigenvalue weighted by Gasteiger charge is -2.22. The van der Waals surface area contributed by atoms with Gasteiger partial charge in [-0.2, -0.15) is 15.1 Å². The zero-order valence-corrected chi connectivity index (χ0v) is 10.5. The summed E-state index contributed by atoms with van der Waals surface area (Å²) in [6.45, 7) is 0.473. The number of H-pyrrole nitrogens is 1. The van der Waals surface area contributed by atoms with E-state index in [1.165, 1.54) is 0 Å². The highest BCUT2D eigenvalue weighted by atomic mass is 35.5. The van der Waals surface area contributed by atoms with E-state index in [4.69, 9.17) is 11.6 Å². The Morgan fingerprint density at radius 1 is 1.39 bits per heavy atom. The summed E-state index contributed by atoms with van der Waals surface area (Å²) in [6.07, 6.45) is 5.45. The molecule has 0 bridgehead atoms. The molecule has 0 spiro atoms. The molecule has 0 radical (unpaired) electrons. The Morgan fingerprint density at radius 2 is 2.17 bits per heavy atom. The van der Waals surface area contributed by atoms with Crippen molar-refractivity contribution in [2.75, 3.05) is 11.9 Å². The van der Waals surface area contributed by atoms with Crippen LogP contribution in [0.15, 0.2) is 6.20 Å². The molecular formula is C11H14ClN5O. The Hall–Kier alpha value is -1.40. The molecule has 0 aromatic carbocycles. The standard InChI is InChI=1S/C11H14ClN5O/c12-10-15-8(7-5-14-17-9(7)16-10)13-6-11(18)3-1-2-4-11/h5,18H,1-4,6H2,(H2,13,14,15,16,17). The molecule has 1 aliphatic carbocycles. The average Bonchev–Trinajstić information content (AvgIpc) is 2.95. The van der Waals surface area contributed by atoms with E-state index < -0.39 is 5.60 Å². The normalized spacial score (nSPS) is 18.3. The largest absolute Gasteiger partial charge is 0.388 e. The van der Waals surface area contributed by atoms with Crippen molar-refractivity contribution < 1.29 is 5.11 Å². The molecule has 96 valence electrons. The fraction of sp³-hybridized carbons (Fsp3) is 0.545. The maximum absolute atomic E-state index is 10.3. The van der Waals surface area contributed by atoms with Crippen LogP contribution in [0.4, 0.5) is 5.82 Å². The van der Waals surface area contributed by atoms with Gasteiger partial charge in [-0.25, -0.2) is 0 Å². The van der Waals surface area contributed by atoms with Crippen molar-refractivity contribution >= 4 is 28.5 Å². The van der Waals surface area contributed by atoms with Crippen molar-refractivity contribution in [1.82, 2.24) is 20.2 Å². The number of nitrogens with one attached hydrogen (secondary N) is 2. The predicted molar refractivity (Wildman–Crippen MR) is 68.6 cm³/mol. The van der Waals surface area contributed by atoms with E-state index in [0.717, 1.165) is 31.1 Å². The molecule has 2 heterocycles. The fourth-order valence-corrected chi connectivity index (χ4v) is 2.57. The fourth-order valence-electron chi connectivity index (χ4n) is 2.40. The maximum Gasteiger partial charge on any atom is 0.226 e. The first-order chi connectivity index (χ1) is 8.66. The van der Waals surface area contributed by atoms with Crippen LogP contribution in [0.1, 0.15) is 25.7 Å². The van der Waals surface area contributed by atoms with Gasteiger partial charge in [0.05, 0.1) is 17.2 Å². The summed E-state index contributed by atoms with van der Waals surface area (Å²) < 4.78 is 0. The van der Waals surface area contributed by atoms with Crippen LogP contribution in [0.3, 0.4) is 0 Å². The van der Waals surface area contributed by atoms with E-state index in [9.17, 15) is 5.11 Å². The summed E-state index contributed by atoms with van der Waals surface area (Å²) >= 11 is 5.84. The lowest BCUT2D eigenvalue weighted by molar-refractivity contribution is 0.0614. The SMILES string of the molecule is OC1(CNc2nc(Cl)nc3[nH]ncc23)CCCC1. The summed E-state index contributed by atoms with van der Waals surface area (Å²) in [5.74, 6) is 0.610. The number of aromatic amines is 1. The maximum atomic E-state index is 10.3. The number of rotatable bonds is 3. The summed E-state index contributed by atoms with van der Waals surface area (Å²) in [6, 6.07) is 0. The molecule has 7 heteroatoms. The molecule has 0 aliphatic heterocycles. The second kappa shape index (κ2) is 4.37. The number of hydrogen-bond acceptors (Lipinski definition) is 5. The van der Waals surface area contributed by atoms with Crippen LogP contribution >= 0.6 is 11.6 Å². The van der Waals surface area contributed by atoms with Gasteiger partial charge in [0, 0.05) is 6.54 Å². The highest BCUT2D eigenvalue weighted by Gasteiger charge is 2.31. The number of aromatic nitrogens is 4. The monoisotopic (exact) mass is 267 g/mol. The quantitative estimate of drug-likeness (QED) is 0.737. The van der Waals surface area contributed by atoms with Crippen molar-refractivity contribution in [2.24, 2.45) is 0 Å². The molecule has 1 fully saturated rings. The second-order valence-electron chi connectivity index (χ2n) is 4.76. The number of nitrogens with zero attached hydrogens (tertiary/aromatic N) is 3. The smallest absolute Gasteiger partial charge is 0.226 e. The van der Waals surface area contributed by atoms with Gasteiger partial charge in [-0.3, -0.25) is 5.10 Å². The van der Waals surface area contributed by atoms with E-state index in [1.807, 2.05) is 0 Å². The molecule has 2 aromatic rings. The van der Waals surface area contributed by atoms with Crippen molar-refractivity contribution in [3.63, 3.8) is 0 Å². The molecule has 3 rings (SSSR count). The molecule has 1 saturated carbocycles. The van der Waals surface area contributed by atoms with Gasteiger partial charge in [0.2, 0.25) is 5.28 Å². The van der Waals surface area contributed by atoms with Crippen LogP contribution in [-0.2, 0) is 0 Å². The number of hydrogen-bond donors (Lipinski definition) is 3. The zero-order chi connectivity index (χ0) is 12.6. The van der Waals surface area contributed by atoms with Crippen LogP contribution in [0.25, 0.3) is 11.0 Å². The predicted octanol–water partition coefficient (Wildman–Crippen LogP) is 1.72. The van der Waals surface area contributed by atoms with Gasteiger partial charge >= 0.3 is 0 Å². The molecule has 3 N–H and O–H groups in total. The Bertz CT molecular complexity index is 564. The lowest BCUT2D eigenvalue weighted by Crippen LogP contribution is -2.33. The molecule has 0 unspecified atom stereocenters. The van der Waals surface area contributed by atoms with Crippen LogP contribution in [0.5, 0.6) is 0 Å². The van der Waals surface area contributed by atoms with Crippen molar-refractivity contribution in [2.45, 2.75) is 31.3 Å². The average molecular weight is 268 g/mol. The molecule has 18 heavy (non-hydrogen) atoms. The highest BCUT2D eigenvalue weighted by Crippen LogP contribution is 2.30. The van der Waals surface area contributed by atoms with Gasteiger partial charge in [-0.05, 0) is 24.4 Å². The molecule has 6 nitrogen and oxygen atoms in total. The van der Waals surface area contributed by atoms with E-state index in [2.05, 4.69) is 25.5 Å². The van der Waals surface area contributed by atoms with E-state index >= 15 is 0 Å². The molecule has 2 aromatic heterocycles. The first-order valence-electron chi connectivity index (χ1n) is 5.99. The minimum absolute atomic E-state index is 0.160. The summed E-state index contributed by atoms with van der Waals surface area (Å²) in [5.41, 5.74) is -0.0380. The van der Waals surface area contributed by atoms with Crippen LogP contribution in [-0.4, -0.2) is 37.4 Å². The Balaban J connectivity index is 1.83. The van der Waals surface area contributed by atoms with Crippen LogP contribution in [0, 0.1) is 0 Å². The minimum atomic E-state index is -0.631. The van der Waals surface area contributed by atoms with Gasteiger partial charge in [0.1, 0.15) is 5.82 Å². The van der Waals surface area contributed by atoms with Gasteiger partial charge in [0.25, 0.3) is 0 Å². The Morgan fingerprint density at radius 3 is 2.94 bits per heavy atom. The highest BCUT2D eigenvalue weighted by molar-refractivity contribution is 6.28. The third-order valence-corrected chi connectivity index (χ3v) is 3.57.